The second-order valence-corrected chi connectivity index (χ2v) is 9.23. The van der Waals surface area contributed by atoms with Crippen molar-refractivity contribution in [2.45, 2.75) is 58.3 Å². The Hall–Kier alpha value is -2.37. The van der Waals surface area contributed by atoms with Gasteiger partial charge in [-0.2, -0.15) is 0 Å². The summed E-state index contributed by atoms with van der Waals surface area (Å²) in [5, 5.41) is 10.3. The number of carboxylic acids is 1. The van der Waals surface area contributed by atoms with Crippen molar-refractivity contribution in [3.63, 3.8) is 0 Å². The topological polar surface area (TPSA) is 71.7 Å². The molecule has 2 heterocycles. The number of aliphatic carboxylic acids is 1. The van der Waals surface area contributed by atoms with Crippen LogP contribution in [0.4, 0.5) is 0 Å². The minimum atomic E-state index is -0.899. The van der Waals surface area contributed by atoms with Gasteiger partial charge < -0.3 is 5.11 Å². The molecule has 0 aliphatic carbocycles. The smallest absolute Gasteiger partial charge is 0.303 e. The Morgan fingerprint density at radius 1 is 1.00 bits per heavy atom. The van der Waals surface area contributed by atoms with E-state index in [9.17, 15) is 9.59 Å². The van der Waals surface area contributed by atoms with Crippen molar-refractivity contribution in [3.05, 3.63) is 69.6 Å². The number of fused-ring (bicyclic) bond motifs is 1. The lowest BCUT2D eigenvalue weighted by Crippen LogP contribution is -2.13. The van der Waals surface area contributed by atoms with E-state index in [1.165, 1.54) is 5.56 Å². The van der Waals surface area contributed by atoms with Crippen LogP contribution in [0, 0.1) is 5.92 Å². The van der Waals surface area contributed by atoms with Gasteiger partial charge in [-0.25, -0.2) is 4.98 Å². The summed E-state index contributed by atoms with van der Waals surface area (Å²) in [6.07, 6.45) is 7.67. The molecule has 0 fully saturated rings. The van der Waals surface area contributed by atoms with Crippen LogP contribution in [0.1, 0.15) is 67.2 Å². The molecule has 32 heavy (non-hydrogen) atoms. The summed E-state index contributed by atoms with van der Waals surface area (Å²) in [7, 11) is 0. The van der Waals surface area contributed by atoms with Gasteiger partial charge in [0.2, 0.25) is 0 Å². The molecule has 1 aromatic carbocycles. The largest absolute Gasteiger partial charge is 0.481 e. The molecule has 1 N–H and O–H groups in total. The van der Waals surface area contributed by atoms with E-state index >= 15 is 0 Å². The van der Waals surface area contributed by atoms with Crippen molar-refractivity contribution in [3.8, 4) is 0 Å². The number of imidazole rings is 1. The minimum absolute atomic E-state index is 0.0365. The van der Waals surface area contributed by atoms with E-state index < -0.39 is 5.97 Å². The lowest BCUT2D eigenvalue weighted by Gasteiger charge is -2.09. The lowest BCUT2D eigenvalue weighted by atomic mass is 9.98. The first kappa shape index (κ1) is 24.3. The molecule has 1 atom stereocenters. The molecule has 5 nitrogen and oxygen atoms in total. The highest BCUT2D eigenvalue weighted by molar-refractivity contribution is 6.30. The number of halogens is 2. The molecule has 0 aliphatic rings. The van der Waals surface area contributed by atoms with E-state index in [0.29, 0.717) is 22.8 Å². The van der Waals surface area contributed by atoms with Crippen LogP contribution >= 0.6 is 23.2 Å². The number of aryl methyl sites for hydroxylation is 2. The van der Waals surface area contributed by atoms with Crippen LogP contribution < -0.4 is 0 Å². The Kier molecular flexibility index (Phi) is 8.71. The fraction of sp³-hybridized carbons (Fsp3) is 0.400. The van der Waals surface area contributed by atoms with Crippen LogP contribution in [0.2, 0.25) is 10.0 Å². The van der Waals surface area contributed by atoms with Crippen molar-refractivity contribution in [2.24, 2.45) is 5.92 Å². The van der Waals surface area contributed by atoms with Crippen molar-refractivity contribution >= 4 is 40.6 Å². The zero-order chi connectivity index (χ0) is 23.1. The zero-order valence-electron chi connectivity index (χ0n) is 18.2. The number of carbonyl (C=O) groups is 2. The average Bonchev–Trinajstić information content (AvgIpc) is 3.07. The monoisotopic (exact) mass is 474 g/mol. The van der Waals surface area contributed by atoms with Gasteiger partial charge in [0.25, 0.3) is 0 Å². The molecule has 0 aliphatic heterocycles. The summed E-state index contributed by atoms with van der Waals surface area (Å²) in [5.41, 5.74) is 3.21. The first-order valence-corrected chi connectivity index (χ1v) is 11.7. The second-order valence-electron chi connectivity index (χ2n) is 8.36. The quantitative estimate of drug-likeness (QED) is 0.235. The molecule has 0 radical (unpaired) electrons. The molecule has 3 aromatic rings. The number of nitrogens with zero attached hydrogens (tertiary/aromatic N) is 2. The number of carbonyl (C=O) groups excluding carboxylic acids is 1. The van der Waals surface area contributed by atoms with E-state index in [4.69, 9.17) is 28.3 Å². The first-order valence-electron chi connectivity index (χ1n) is 11.0. The SMILES string of the molecule is CC(CC(=O)O)CC(=O)c1c(CCCCCCc2cccc(Cl)c2)nc2ccc(Cl)cn12. The highest BCUT2D eigenvalue weighted by atomic mass is 35.5. The average molecular weight is 475 g/mol. The van der Waals surface area contributed by atoms with E-state index in [2.05, 4.69) is 11.1 Å². The van der Waals surface area contributed by atoms with Crippen molar-refractivity contribution < 1.29 is 14.7 Å². The number of Topliss-reactive ketones (excluding diaryl/α,β-unsaturated/α-hetero) is 1. The summed E-state index contributed by atoms with van der Waals surface area (Å²) in [6.45, 7) is 1.78. The van der Waals surface area contributed by atoms with Crippen molar-refractivity contribution in [2.75, 3.05) is 0 Å². The molecule has 0 amide bonds. The predicted octanol–water partition coefficient (Wildman–Crippen LogP) is 6.67. The number of unbranched alkanes of at least 4 members (excludes halogenated alkanes) is 3. The summed E-state index contributed by atoms with van der Waals surface area (Å²) >= 11 is 12.2. The van der Waals surface area contributed by atoms with Gasteiger partial charge in [-0.05, 0) is 61.4 Å². The molecular weight excluding hydrogens is 447 g/mol. The molecule has 0 saturated carbocycles. The van der Waals surface area contributed by atoms with Crippen molar-refractivity contribution in [1.29, 1.82) is 0 Å². The Bertz CT molecular complexity index is 1090. The standard InChI is InChI=1S/C25H28Cl2N2O3/c1-17(14-24(31)32)13-22(30)25-21(28-23-12-11-20(27)16-29(23)25)10-5-3-2-4-7-18-8-6-9-19(26)15-18/h6,8-9,11-12,15-17H,2-5,7,10,13-14H2,1H3,(H,31,32). The Labute approximate surface area is 198 Å². The van der Waals surface area contributed by atoms with Gasteiger partial charge >= 0.3 is 5.97 Å². The maximum Gasteiger partial charge on any atom is 0.303 e. The van der Waals surface area contributed by atoms with Gasteiger partial charge in [0, 0.05) is 24.1 Å². The molecule has 0 bridgehead atoms. The number of benzene rings is 1. The third kappa shape index (κ3) is 6.81. The number of ketones is 1. The summed E-state index contributed by atoms with van der Waals surface area (Å²) < 4.78 is 1.74. The number of carboxylic acid groups (broad SMARTS) is 1. The van der Waals surface area contributed by atoms with E-state index in [1.54, 1.807) is 29.7 Å². The number of pyridine rings is 1. The normalized spacial score (nSPS) is 12.2. The Morgan fingerprint density at radius 3 is 2.47 bits per heavy atom. The van der Waals surface area contributed by atoms with Gasteiger partial charge in [-0.15, -0.1) is 0 Å². The van der Waals surface area contributed by atoms with E-state index in [1.807, 2.05) is 18.2 Å². The lowest BCUT2D eigenvalue weighted by molar-refractivity contribution is -0.137. The van der Waals surface area contributed by atoms with Gasteiger partial charge in [0.05, 0.1) is 10.7 Å². The van der Waals surface area contributed by atoms with Crippen LogP contribution in [0.3, 0.4) is 0 Å². The molecule has 2 aromatic heterocycles. The molecular formula is C25H28Cl2N2O3. The van der Waals surface area contributed by atoms with Crippen LogP contribution in [0.25, 0.3) is 5.65 Å². The maximum atomic E-state index is 13.1. The zero-order valence-corrected chi connectivity index (χ0v) is 19.7. The third-order valence-electron chi connectivity index (χ3n) is 5.49. The summed E-state index contributed by atoms with van der Waals surface area (Å²) in [6, 6.07) is 11.5. The van der Waals surface area contributed by atoms with Crippen LogP contribution in [-0.4, -0.2) is 26.2 Å². The summed E-state index contributed by atoms with van der Waals surface area (Å²) in [4.78, 5) is 28.7. The van der Waals surface area contributed by atoms with Crippen LogP contribution in [0.5, 0.6) is 0 Å². The van der Waals surface area contributed by atoms with Crippen LogP contribution in [-0.2, 0) is 17.6 Å². The van der Waals surface area contributed by atoms with E-state index in [0.717, 1.165) is 42.8 Å². The fourth-order valence-electron chi connectivity index (χ4n) is 3.99. The molecule has 1 unspecified atom stereocenters. The highest BCUT2D eigenvalue weighted by Crippen LogP contribution is 2.22. The molecule has 0 saturated heterocycles. The summed E-state index contributed by atoms with van der Waals surface area (Å²) in [5.74, 6) is -1.24. The highest BCUT2D eigenvalue weighted by Gasteiger charge is 2.22. The van der Waals surface area contributed by atoms with Gasteiger partial charge in [0.1, 0.15) is 11.3 Å². The fourth-order valence-corrected chi connectivity index (χ4v) is 4.36. The Balaban J connectivity index is 1.62. The first-order chi connectivity index (χ1) is 15.3. The molecule has 3 rings (SSSR count). The molecule has 170 valence electrons. The number of rotatable bonds is 12. The number of hydrogen-bond acceptors (Lipinski definition) is 3. The number of aromatic nitrogens is 2. The van der Waals surface area contributed by atoms with Gasteiger partial charge in [0.15, 0.2) is 5.78 Å². The van der Waals surface area contributed by atoms with E-state index in [-0.39, 0.29) is 24.5 Å². The second kappa shape index (κ2) is 11.5. The van der Waals surface area contributed by atoms with Gasteiger partial charge in [-0.3, -0.25) is 14.0 Å². The van der Waals surface area contributed by atoms with Crippen LogP contribution in [0.15, 0.2) is 42.6 Å². The minimum Gasteiger partial charge on any atom is -0.481 e. The maximum absolute atomic E-state index is 13.1. The predicted molar refractivity (Wildman–Crippen MR) is 128 cm³/mol. The van der Waals surface area contributed by atoms with Gasteiger partial charge in [-0.1, -0.05) is 55.1 Å². The number of hydrogen-bond donors (Lipinski definition) is 1. The molecule has 7 heteroatoms. The molecule has 0 spiro atoms. The third-order valence-corrected chi connectivity index (χ3v) is 5.95. The van der Waals surface area contributed by atoms with Crippen molar-refractivity contribution in [1.82, 2.24) is 9.38 Å². The Morgan fingerprint density at radius 2 is 1.75 bits per heavy atom.